The zero-order chi connectivity index (χ0) is 13.1. The van der Waals surface area contributed by atoms with Gasteiger partial charge < -0.3 is 0 Å². The second-order valence-corrected chi connectivity index (χ2v) is 5.71. The number of nitrogens with zero attached hydrogens (tertiary/aromatic N) is 2. The highest BCUT2D eigenvalue weighted by Gasteiger charge is 2.07. The summed E-state index contributed by atoms with van der Waals surface area (Å²) in [5.41, 5.74) is 1.97. The molecule has 1 aromatic heterocycles. The Morgan fingerprint density at radius 1 is 1.00 bits per heavy atom. The first-order chi connectivity index (χ1) is 8.56. The fraction of sp³-hybridized carbons (Fsp3) is 0.231. The molecule has 0 spiro atoms. The van der Waals surface area contributed by atoms with Crippen LogP contribution in [0.2, 0.25) is 10.3 Å². The molecular weight excluding hydrogens is 287 g/mol. The van der Waals surface area contributed by atoms with Crippen LogP contribution in [0.4, 0.5) is 0 Å². The zero-order valence-electron chi connectivity index (χ0n) is 10.1. The summed E-state index contributed by atoms with van der Waals surface area (Å²) in [5.74, 6) is 1.31. The van der Waals surface area contributed by atoms with Crippen LogP contribution in [0.3, 0.4) is 0 Å². The molecule has 0 amide bonds. The van der Waals surface area contributed by atoms with Crippen molar-refractivity contribution in [3.63, 3.8) is 0 Å². The maximum Gasteiger partial charge on any atom is 0.142 e. The molecule has 0 aliphatic rings. The largest absolute Gasteiger partial charge is 0.220 e. The maximum absolute atomic E-state index is 5.98. The summed E-state index contributed by atoms with van der Waals surface area (Å²) in [6.45, 7) is 3.87. The summed E-state index contributed by atoms with van der Waals surface area (Å²) in [4.78, 5) is 9.61. The van der Waals surface area contributed by atoms with Crippen LogP contribution in [0, 0.1) is 13.8 Å². The van der Waals surface area contributed by atoms with E-state index in [4.69, 9.17) is 23.2 Å². The second kappa shape index (κ2) is 5.91. The smallest absolute Gasteiger partial charge is 0.142 e. The van der Waals surface area contributed by atoms with E-state index < -0.39 is 0 Å². The molecule has 0 fully saturated rings. The molecule has 0 unspecified atom stereocenters. The van der Waals surface area contributed by atoms with E-state index in [1.54, 1.807) is 11.8 Å². The van der Waals surface area contributed by atoms with E-state index in [2.05, 4.69) is 41.2 Å². The summed E-state index contributed by atoms with van der Waals surface area (Å²) in [5, 5.41) is 0.851. The summed E-state index contributed by atoms with van der Waals surface area (Å²) in [6, 6.07) is 8.32. The van der Waals surface area contributed by atoms with Gasteiger partial charge in [-0.05, 0) is 26.0 Å². The molecule has 2 rings (SSSR count). The summed E-state index contributed by atoms with van der Waals surface area (Å²) >= 11 is 13.6. The quantitative estimate of drug-likeness (QED) is 0.607. The number of aromatic nitrogens is 2. The van der Waals surface area contributed by atoms with Crippen LogP contribution in [0.1, 0.15) is 17.0 Å². The number of thioether (sulfide) groups is 1. The summed E-state index contributed by atoms with van der Waals surface area (Å²) in [6.07, 6.45) is 0. The molecule has 1 heterocycles. The number of hydrogen-bond donors (Lipinski definition) is 0. The normalized spacial score (nSPS) is 10.7. The average molecular weight is 299 g/mol. The highest BCUT2D eigenvalue weighted by molar-refractivity contribution is 7.98. The standard InChI is InChI=1S/C13H12Cl2N2S/c1-8-3-5-10(6-4-8)18-7-11-16-12(14)9(2)13(15)17-11/h3-6H,7H2,1-2H3. The Labute approximate surface area is 121 Å². The molecule has 18 heavy (non-hydrogen) atoms. The number of benzene rings is 1. The van der Waals surface area contributed by atoms with Crippen molar-refractivity contribution in [1.82, 2.24) is 9.97 Å². The molecular formula is C13H12Cl2N2S. The highest BCUT2D eigenvalue weighted by atomic mass is 35.5. The summed E-state index contributed by atoms with van der Waals surface area (Å²) in [7, 11) is 0. The van der Waals surface area contributed by atoms with E-state index in [9.17, 15) is 0 Å². The van der Waals surface area contributed by atoms with E-state index in [0.29, 0.717) is 21.9 Å². The van der Waals surface area contributed by atoms with Crippen LogP contribution >= 0.6 is 35.0 Å². The zero-order valence-corrected chi connectivity index (χ0v) is 12.4. The number of aryl methyl sites for hydroxylation is 1. The minimum absolute atomic E-state index is 0.425. The lowest BCUT2D eigenvalue weighted by Crippen LogP contribution is -1.96. The van der Waals surface area contributed by atoms with Gasteiger partial charge in [0, 0.05) is 10.5 Å². The van der Waals surface area contributed by atoms with Gasteiger partial charge in [-0.15, -0.1) is 11.8 Å². The predicted octanol–water partition coefficient (Wildman–Crippen LogP) is 4.69. The van der Waals surface area contributed by atoms with Gasteiger partial charge in [0.15, 0.2) is 0 Å². The molecule has 0 saturated carbocycles. The van der Waals surface area contributed by atoms with Crippen LogP contribution in [0.15, 0.2) is 29.2 Å². The lowest BCUT2D eigenvalue weighted by molar-refractivity contribution is 1.01. The van der Waals surface area contributed by atoms with Gasteiger partial charge in [-0.3, -0.25) is 0 Å². The average Bonchev–Trinajstić information content (AvgIpc) is 2.35. The number of rotatable bonds is 3. The molecule has 1 aromatic carbocycles. The predicted molar refractivity (Wildman–Crippen MR) is 77.5 cm³/mol. The Morgan fingerprint density at radius 2 is 1.56 bits per heavy atom. The maximum atomic E-state index is 5.98. The van der Waals surface area contributed by atoms with Gasteiger partial charge in [0.2, 0.25) is 0 Å². The fourth-order valence-corrected chi connectivity index (χ4v) is 2.53. The molecule has 0 radical (unpaired) electrons. The van der Waals surface area contributed by atoms with Crippen molar-refractivity contribution in [1.29, 1.82) is 0 Å². The fourth-order valence-electron chi connectivity index (χ4n) is 1.35. The first kappa shape index (κ1) is 13.7. The van der Waals surface area contributed by atoms with Crippen molar-refractivity contribution in [2.24, 2.45) is 0 Å². The second-order valence-electron chi connectivity index (χ2n) is 3.95. The van der Waals surface area contributed by atoms with Gasteiger partial charge in [0.25, 0.3) is 0 Å². The minimum Gasteiger partial charge on any atom is -0.220 e. The van der Waals surface area contributed by atoms with Crippen LogP contribution in [0.25, 0.3) is 0 Å². The van der Waals surface area contributed by atoms with E-state index in [1.807, 2.05) is 6.92 Å². The SMILES string of the molecule is Cc1ccc(SCc2nc(Cl)c(C)c(Cl)n2)cc1. The number of hydrogen-bond acceptors (Lipinski definition) is 3. The van der Waals surface area contributed by atoms with Crippen LogP contribution < -0.4 is 0 Å². The lowest BCUT2D eigenvalue weighted by Gasteiger charge is -2.05. The van der Waals surface area contributed by atoms with Crippen LogP contribution in [0.5, 0.6) is 0 Å². The van der Waals surface area contributed by atoms with Gasteiger partial charge in [-0.2, -0.15) is 0 Å². The molecule has 2 aromatic rings. The molecule has 0 aliphatic carbocycles. The van der Waals surface area contributed by atoms with Crippen molar-refractivity contribution in [2.75, 3.05) is 0 Å². The van der Waals surface area contributed by atoms with Gasteiger partial charge >= 0.3 is 0 Å². The Morgan fingerprint density at radius 3 is 2.11 bits per heavy atom. The topological polar surface area (TPSA) is 25.8 Å². The van der Waals surface area contributed by atoms with Crippen molar-refractivity contribution < 1.29 is 0 Å². The first-order valence-electron chi connectivity index (χ1n) is 5.44. The van der Waals surface area contributed by atoms with E-state index >= 15 is 0 Å². The summed E-state index contributed by atoms with van der Waals surface area (Å²) < 4.78 is 0. The van der Waals surface area contributed by atoms with E-state index in [0.717, 1.165) is 5.56 Å². The van der Waals surface area contributed by atoms with Crippen molar-refractivity contribution >= 4 is 35.0 Å². The molecule has 0 bridgehead atoms. The van der Waals surface area contributed by atoms with E-state index in [-0.39, 0.29) is 0 Å². The molecule has 2 nitrogen and oxygen atoms in total. The Bertz CT molecular complexity index is 532. The van der Waals surface area contributed by atoms with Gasteiger partial charge in [0.05, 0.1) is 5.75 Å². The molecule has 0 saturated heterocycles. The first-order valence-corrected chi connectivity index (χ1v) is 7.18. The Balaban J connectivity index is 2.08. The van der Waals surface area contributed by atoms with E-state index in [1.165, 1.54) is 10.5 Å². The molecule has 5 heteroatoms. The van der Waals surface area contributed by atoms with Gasteiger partial charge in [-0.25, -0.2) is 9.97 Å². The third-order valence-electron chi connectivity index (χ3n) is 2.46. The third kappa shape index (κ3) is 3.37. The highest BCUT2D eigenvalue weighted by Crippen LogP contribution is 2.25. The lowest BCUT2D eigenvalue weighted by atomic mass is 10.2. The van der Waals surface area contributed by atoms with Gasteiger partial charge in [-0.1, -0.05) is 40.9 Å². The van der Waals surface area contributed by atoms with Crippen molar-refractivity contribution in [3.8, 4) is 0 Å². The van der Waals surface area contributed by atoms with Crippen molar-refractivity contribution in [2.45, 2.75) is 24.5 Å². The Kier molecular flexibility index (Phi) is 4.49. The monoisotopic (exact) mass is 298 g/mol. The molecule has 0 atom stereocenters. The van der Waals surface area contributed by atoms with Crippen LogP contribution in [-0.4, -0.2) is 9.97 Å². The minimum atomic E-state index is 0.425. The molecule has 94 valence electrons. The van der Waals surface area contributed by atoms with Crippen LogP contribution in [-0.2, 0) is 5.75 Å². The number of halogens is 2. The molecule has 0 N–H and O–H groups in total. The Hall–Kier alpha value is -0.770. The van der Waals surface area contributed by atoms with Crippen molar-refractivity contribution in [3.05, 3.63) is 51.5 Å². The third-order valence-corrected chi connectivity index (χ3v) is 4.21. The van der Waals surface area contributed by atoms with Gasteiger partial charge in [0.1, 0.15) is 16.1 Å². The molecule has 0 aliphatic heterocycles.